The van der Waals surface area contributed by atoms with Gasteiger partial charge in [-0.05, 0) is 68.5 Å². The average Bonchev–Trinajstić information content (AvgIpc) is 3.01. The minimum absolute atomic E-state index is 0.685. The predicted octanol–water partition coefficient (Wildman–Crippen LogP) is 4.89. The third kappa shape index (κ3) is 3.66. The Hall–Kier alpha value is -1.06. The van der Waals surface area contributed by atoms with Gasteiger partial charge in [-0.3, -0.25) is 9.80 Å². The fourth-order valence-corrected chi connectivity index (χ4v) is 5.10. The molecule has 0 N–H and O–H groups in total. The Morgan fingerprint density at radius 2 is 1.73 bits per heavy atom. The van der Waals surface area contributed by atoms with Gasteiger partial charge in [-0.25, -0.2) is 0 Å². The van der Waals surface area contributed by atoms with Gasteiger partial charge < -0.3 is 4.90 Å². The van der Waals surface area contributed by atoms with Crippen LogP contribution >= 0.6 is 0 Å². The second kappa shape index (κ2) is 8.75. The molecule has 2 bridgehead atoms. The van der Waals surface area contributed by atoms with Crippen LogP contribution in [0, 0.1) is 0 Å². The van der Waals surface area contributed by atoms with E-state index in [0.29, 0.717) is 6.04 Å². The van der Waals surface area contributed by atoms with E-state index < -0.39 is 0 Å². The van der Waals surface area contributed by atoms with E-state index in [4.69, 9.17) is 0 Å². The fraction of sp³-hybridized carbons (Fsp3) is 0.739. The van der Waals surface area contributed by atoms with E-state index in [2.05, 4.69) is 53.7 Å². The van der Waals surface area contributed by atoms with Gasteiger partial charge in [-0.15, -0.1) is 0 Å². The molecule has 0 spiro atoms. The average molecular weight is 358 g/mol. The number of benzene rings is 1. The molecule has 2 aliphatic heterocycles. The number of nitrogens with zero attached hydrogens (tertiary/aromatic N) is 3. The van der Waals surface area contributed by atoms with E-state index in [0.717, 1.165) is 12.0 Å². The van der Waals surface area contributed by atoms with E-state index in [1.807, 2.05) is 13.8 Å². The third-order valence-corrected chi connectivity index (χ3v) is 6.88. The summed E-state index contributed by atoms with van der Waals surface area (Å²) in [7, 11) is 0. The van der Waals surface area contributed by atoms with Gasteiger partial charge in [0.25, 0.3) is 0 Å². The van der Waals surface area contributed by atoms with Gasteiger partial charge in [0.15, 0.2) is 0 Å². The smallest absolute Gasteiger partial charge is 0.0370 e. The second-order valence-corrected chi connectivity index (χ2v) is 7.96. The van der Waals surface area contributed by atoms with Crippen molar-refractivity contribution in [3.05, 3.63) is 29.3 Å². The summed E-state index contributed by atoms with van der Waals surface area (Å²) in [5.41, 5.74) is 4.75. The number of fused-ring (bicyclic) bond motifs is 5. The minimum atomic E-state index is 0.685. The van der Waals surface area contributed by atoms with Crippen LogP contribution in [0.2, 0.25) is 0 Å². The molecule has 3 atom stereocenters. The zero-order valence-corrected chi connectivity index (χ0v) is 17.7. The standard InChI is InChI=1S/C21H33N3.C2H6/c1-4-16(3)23-10-12-24(13-11-23)18-6-7-19-17-8-9-22(5-2)21(14-17)20(19)15-18;1-2/h6-7,15-17,21H,4-5,8-14H2,1-3H3;1-2H3. The largest absolute Gasteiger partial charge is 0.369 e. The lowest BCUT2D eigenvalue weighted by Gasteiger charge is -2.39. The molecule has 26 heavy (non-hydrogen) atoms. The zero-order chi connectivity index (χ0) is 18.7. The van der Waals surface area contributed by atoms with E-state index >= 15 is 0 Å². The van der Waals surface area contributed by atoms with E-state index in [1.165, 1.54) is 64.2 Å². The molecule has 4 rings (SSSR count). The van der Waals surface area contributed by atoms with Crippen LogP contribution in [0.15, 0.2) is 18.2 Å². The molecular weight excluding hydrogens is 318 g/mol. The molecule has 0 aromatic heterocycles. The van der Waals surface area contributed by atoms with Crippen molar-refractivity contribution < 1.29 is 0 Å². The van der Waals surface area contributed by atoms with Gasteiger partial charge in [0.1, 0.15) is 0 Å². The fourth-order valence-electron chi connectivity index (χ4n) is 5.10. The highest BCUT2D eigenvalue weighted by atomic mass is 15.3. The van der Waals surface area contributed by atoms with Crippen LogP contribution in [0.25, 0.3) is 0 Å². The molecule has 2 heterocycles. The van der Waals surface area contributed by atoms with Crippen LogP contribution in [0.4, 0.5) is 5.69 Å². The number of piperazine rings is 1. The summed E-state index contributed by atoms with van der Waals surface area (Å²) in [6, 6.07) is 8.80. The Balaban J connectivity index is 0.000000948. The first-order valence-electron chi connectivity index (χ1n) is 11.1. The molecule has 1 aromatic rings. The van der Waals surface area contributed by atoms with Gasteiger partial charge in [-0.2, -0.15) is 0 Å². The first kappa shape index (κ1) is 19.7. The van der Waals surface area contributed by atoms with E-state index in [9.17, 15) is 0 Å². The summed E-state index contributed by atoms with van der Waals surface area (Å²) in [5, 5.41) is 0. The Bertz CT molecular complexity index is 577. The SMILES string of the molecule is CC.CCC(C)N1CCN(c2ccc3c(c2)C2CC3CCN2CC)CC1. The highest BCUT2D eigenvalue weighted by Gasteiger charge is 2.38. The maximum atomic E-state index is 2.69. The molecule has 1 aromatic carbocycles. The summed E-state index contributed by atoms with van der Waals surface area (Å²) in [5.74, 6) is 0.823. The molecule has 0 amide bonds. The van der Waals surface area contributed by atoms with E-state index in [1.54, 1.807) is 11.1 Å². The molecule has 3 aliphatic rings. The predicted molar refractivity (Wildman–Crippen MR) is 113 cm³/mol. The van der Waals surface area contributed by atoms with Gasteiger partial charge in [0.05, 0.1) is 0 Å². The highest BCUT2D eigenvalue weighted by Crippen LogP contribution is 2.49. The summed E-state index contributed by atoms with van der Waals surface area (Å²) in [4.78, 5) is 7.94. The maximum Gasteiger partial charge on any atom is 0.0370 e. The maximum absolute atomic E-state index is 2.69. The summed E-state index contributed by atoms with van der Waals surface area (Å²) >= 11 is 0. The molecule has 0 radical (unpaired) electrons. The molecule has 0 saturated carbocycles. The monoisotopic (exact) mass is 357 g/mol. The van der Waals surface area contributed by atoms with Crippen LogP contribution in [0.5, 0.6) is 0 Å². The van der Waals surface area contributed by atoms with Crippen molar-refractivity contribution in [1.82, 2.24) is 9.80 Å². The van der Waals surface area contributed by atoms with E-state index in [-0.39, 0.29) is 0 Å². The van der Waals surface area contributed by atoms with Crippen LogP contribution in [-0.2, 0) is 0 Å². The quantitative estimate of drug-likeness (QED) is 0.760. The van der Waals surface area contributed by atoms with Crippen molar-refractivity contribution in [1.29, 1.82) is 0 Å². The molecule has 3 heteroatoms. The van der Waals surface area contributed by atoms with Crippen LogP contribution in [-0.4, -0.2) is 55.1 Å². The number of likely N-dealkylation sites (tertiary alicyclic amines) is 1. The highest BCUT2D eigenvalue weighted by molar-refractivity contribution is 5.55. The van der Waals surface area contributed by atoms with Crippen LogP contribution < -0.4 is 4.90 Å². The van der Waals surface area contributed by atoms with Crippen molar-refractivity contribution in [2.75, 3.05) is 44.2 Å². The third-order valence-electron chi connectivity index (χ3n) is 6.88. The Morgan fingerprint density at radius 1 is 1.00 bits per heavy atom. The summed E-state index contributed by atoms with van der Waals surface area (Å²) < 4.78 is 0. The van der Waals surface area contributed by atoms with Gasteiger partial charge >= 0.3 is 0 Å². The van der Waals surface area contributed by atoms with Crippen molar-refractivity contribution in [2.24, 2.45) is 0 Å². The van der Waals surface area contributed by atoms with Crippen LogP contribution in [0.1, 0.15) is 77.0 Å². The van der Waals surface area contributed by atoms with Crippen molar-refractivity contribution in [3.8, 4) is 0 Å². The minimum Gasteiger partial charge on any atom is -0.369 e. The normalized spacial score (nSPS) is 26.9. The lowest BCUT2D eigenvalue weighted by Crippen LogP contribution is -2.49. The Morgan fingerprint density at radius 3 is 2.38 bits per heavy atom. The number of hydrogen-bond donors (Lipinski definition) is 0. The van der Waals surface area contributed by atoms with Crippen molar-refractivity contribution in [3.63, 3.8) is 0 Å². The molecule has 2 saturated heterocycles. The number of anilines is 1. The molecule has 146 valence electrons. The number of rotatable bonds is 4. The molecule has 3 unspecified atom stereocenters. The molecule has 1 aliphatic carbocycles. The Kier molecular flexibility index (Phi) is 6.63. The topological polar surface area (TPSA) is 9.72 Å². The second-order valence-electron chi connectivity index (χ2n) is 7.96. The first-order valence-corrected chi connectivity index (χ1v) is 11.1. The molecule has 3 nitrogen and oxygen atoms in total. The first-order chi connectivity index (χ1) is 12.7. The number of piperidine rings is 1. The lowest BCUT2D eigenvalue weighted by atomic mass is 9.95. The zero-order valence-electron chi connectivity index (χ0n) is 17.7. The van der Waals surface area contributed by atoms with Gasteiger partial charge in [0, 0.05) is 44.0 Å². The van der Waals surface area contributed by atoms with Crippen LogP contribution in [0.3, 0.4) is 0 Å². The molecule has 2 fully saturated rings. The molecular formula is C23H39N3. The number of hydrogen-bond acceptors (Lipinski definition) is 3. The summed E-state index contributed by atoms with van der Waals surface area (Å²) in [6.07, 6.45) is 3.97. The summed E-state index contributed by atoms with van der Waals surface area (Å²) in [6.45, 7) is 18.2. The lowest BCUT2D eigenvalue weighted by molar-refractivity contribution is 0.161. The van der Waals surface area contributed by atoms with Gasteiger partial charge in [0.2, 0.25) is 0 Å². The Labute approximate surface area is 161 Å². The van der Waals surface area contributed by atoms with Crippen molar-refractivity contribution in [2.45, 2.75) is 71.9 Å². The van der Waals surface area contributed by atoms with Crippen molar-refractivity contribution >= 4 is 5.69 Å². The van der Waals surface area contributed by atoms with Gasteiger partial charge in [-0.1, -0.05) is 33.8 Å².